The van der Waals surface area contributed by atoms with Gasteiger partial charge in [-0.1, -0.05) is 40.9 Å². The number of ketones is 1. The van der Waals surface area contributed by atoms with Gasteiger partial charge < -0.3 is 81.3 Å². The van der Waals surface area contributed by atoms with E-state index in [0.717, 1.165) is 49.7 Å². The highest BCUT2D eigenvalue weighted by Gasteiger charge is 2.70. The molecule has 444 valence electrons. The maximum absolute atomic E-state index is 14.6. The van der Waals surface area contributed by atoms with Gasteiger partial charge in [0.2, 0.25) is 0 Å². The first-order valence-corrected chi connectivity index (χ1v) is 31.2. The van der Waals surface area contributed by atoms with Crippen LogP contribution in [0.25, 0.3) is 0 Å². The SMILES string of the molecule is C=C1C[C@@H]2CC[C@@]34C[C@H]5O[C@H]6[C@@H](O3)[C@H]3O[C@H](CC[C@@H]3O[C@H]6[C@@H]5O4)CC(=O)O[C@@H]3[C@@H](C)[C@@H]4O[C@@H]5C[C@]6(C[C@@H]7O[C@]8(C[C@H](C)[C@@H]9O[C@H](CC(=O)CCO)[C@H](O)C[C@@H]9O8)C[C@H](C)[C@@H]7O6)O[C@@H]5C[C@@H]4O[C@H]3C[C@H]3O[C@@H](CC[C@@H]1O2)C[C@@H](C)C3=C. The zero-order valence-electron chi connectivity index (χ0n) is 47.1. The normalized spacial score (nSPS) is 56.9. The standard InChI is InChI=1S/C61H86O19/c1-27-15-34-7-9-38-28(2)16-36(66-38)11-13-59-25-47-55(79-59)56-57(73-47)58(80-59)54-39(70-56)10-8-35(68-54)18-49(65)74-53-32(6)52-44(69-43(53)20-40(67-34)31(27)5)21-42-46(72-52)24-61(75-42)26-48-51(78-61)30(4)23-60(77-48)22-29(3)50-45(76-60)19-37(64)41(71-50)17-33(63)12-14-62/h27,29-30,32,34-48,50-58,62,64H,2,5,7-26H2,1,3-4,6H3/t27-,29+,30+,32+,34+,35-,36+,37-,38+,39+,40-,41-,42-,43+,44+,45+,46-,47-,48+,50+,51+,52+,53-,54+,55-,56+,57-,58+,59+,60-,61+/m1/s1. The Kier molecular flexibility index (Phi) is 14.0. The van der Waals surface area contributed by atoms with Gasteiger partial charge in [0.05, 0.1) is 116 Å². The lowest BCUT2D eigenvalue weighted by atomic mass is 9.78. The molecule has 31 atom stereocenters. The van der Waals surface area contributed by atoms with Crippen LogP contribution in [0.4, 0.5) is 0 Å². The number of carbonyl (C=O) groups is 2. The summed E-state index contributed by atoms with van der Waals surface area (Å²) in [6.07, 6.45) is 2.59. The number of carbonyl (C=O) groups excluding carboxylic acids is 2. The minimum absolute atomic E-state index is 0.0122. The van der Waals surface area contributed by atoms with Crippen LogP contribution in [-0.4, -0.2) is 192 Å². The Hall–Kier alpha value is -2.02. The van der Waals surface area contributed by atoms with Gasteiger partial charge >= 0.3 is 5.97 Å². The summed E-state index contributed by atoms with van der Waals surface area (Å²) in [5.74, 6) is -3.05. The van der Waals surface area contributed by atoms with Crippen molar-refractivity contribution in [1.82, 2.24) is 0 Å². The molecule has 0 aromatic rings. The summed E-state index contributed by atoms with van der Waals surface area (Å²) in [6, 6.07) is 0. The van der Waals surface area contributed by atoms with Gasteiger partial charge in [-0.05, 0) is 73.8 Å². The largest absolute Gasteiger partial charge is 0.459 e. The number of fused-ring (bicyclic) bond motifs is 10. The summed E-state index contributed by atoms with van der Waals surface area (Å²) in [4.78, 5) is 27.0. The minimum atomic E-state index is -0.939. The smallest absolute Gasteiger partial charge is 0.308 e. The Morgan fingerprint density at radius 2 is 1.20 bits per heavy atom. The predicted octanol–water partition coefficient (Wildman–Crippen LogP) is 5.52. The van der Waals surface area contributed by atoms with Crippen LogP contribution in [0.3, 0.4) is 0 Å². The number of esters is 1. The van der Waals surface area contributed by atoms with Gasteiger partial charge in [-0.25, -0.2) is 0 Å². The third kappa shape index (κ3) is 9.51. The molecule has 0 aromatic carbocycles. The molecule has 0 radical (unpaired) electrons. The molecule has 16 fully saturated rings. The molecule has 12 bridgehead atoms. The van der Waals surface area contributed by atoms with E-state index in [-0.39, 0.29) is 159 Å². The maximum Gasteiger partial charge on any atom is 0.308 e. The Morgan fingerprint density at radius 3 is 2.05 bits per heavy atom. The number of aliphatic hydroxyl groups excluding tert-OH is 2. The topological polar surface area (TPSA) is 213 Å². The van der Waals surface area contributed by atoms with Crippen LogP contribution >= 0.6 is 0 Å². The predicted molar refractivity (Wildman–Crippen MR) is 277 cm³/mol. The van der Waals surface area contributed by atoms with Crippen molar-refractivity contribution < 1.29 is 90.9 Å². The highest BCUT2D eigenvalue weighted by molar-refractivity contribution is 5.79. The molecular formula is C61H86O19. The molecule has 16 aliphatic heterocycles. The zero-order chi connectivity index (χ0) is 54.7. The quantitative estimate of drug-likeness (QED) is 0.262. The summed E-state index contributed by atoms with van der Waals surface area (Å²) in [5, 5.41) is 20.4. The lowest BCUT2D eigenvalue weighted by Gasteiger charge is -2.54. The van der Waals surface area contributed by atoms with Crippen molar-refractivity contribution >= 4 is 11.8 Å². The average molecular weight is 1120 g/mol. The summed E-state index contributed by atoms with van der Waals surface area (Å²) in [7, 11) is 0. The molecule has 0 amide bonds. The molecule has 3 spiro atoms. The molecule has 0 unspecified atom stereocenters. The Balaban J connectivity index is 0.652. The van der Waals surface area contributed by atoms with E-state index in [0.29, 0.717) is 64.2 Å². The fourth-order valence-electron chi connectivity index (χ4n) is 18.3. The molecule has 0 aliphatic carbocycles. The van der Waals surface area contributed by atoms with E-state index >= 15 is 0 Å². The average Bonchev–Trinajstić information content (AvgIpc) is 4.25. The Labute approximate surface area is 469 Å². The van der Waals surface area contributed by atoms with Gasteiger partial charge in [-0.15, -0.1) is 0 Å². The lowest BCUT2D eigenvalue weighted by Crippen LogP contribution is -2.62. The monoisotopic (exact) mass is 1120 g/mol. The van der Waals surface area contributed by atoms with E-state index in [1.165, 1.54) is 0 Å². The van der Waals surface area contributed by atoms with E-state index in [1.54, 1.807) is 0 Å². The van der Waals surface area contributed by atoms with Gasteiger partial charge in [0, 0.05) is 83.2 Å². The molecule has 16 rings (SSSR count). The van der Waals surface area contributed by atoms with Gasteiger partial charge in [0.1, 0.15) is 42.4 Å². The zero-order valence-corrected chi connectivity index (χ0v) is 47.1. The molecule has 19 heteroatoms. The first-order chi connectivity index (χ1) is 38.5. The second-order valence-electron chi connectivity index (χ2n) is 27.7. The van der Waals surface area contributed by atoms with Gasteiger partial charge in [-0.3, -0.25) is 9.59 Å². The Bertz CT molecular complexity index is 2410. The third-order valence-electron chi connectivity index (χ3n) is 22.0. The number of rotatable bonds is 4. The van der Waals surface area contributed by atoms with E-state index < -0.39 is 66.2 Å². The van der Waals surface area contributed by atoms with Crippen LogP contribution in [0, 0.1) is 23.7 Å². The molecular weight excluding hydrogens is 1040 g/mol. The molecule has 16 aliphatic rings. The van der Waals surface area contributed by atoms with Gasteiger partial charge in [0.25, 0.3) is 0 Å². The van der Waals surface area contributed by atoms with Gasteiger partial charge in [-0.2, -0.15) is 0 Å². The second kappa shape index (κ2) is 20.6. The molecule has 16 heterocycles. The number of Topliss-reactive ketones (excluding diaryl/α,β-unsaturated/α-hetero) is 1. The van der Waals surface area contributed by atoms with Crippen molar-refractivity contribution in [2.75, 3.05) is 6.61 Å². The fraction of sp³-hybridized carbons (Fsp3) is 0.902. The summed E-state index contributed by atoms with van der Waals surface area (Å²) >= 11 is 0. The minimum Gasteiger partial charge on any atom is -0.459 e. The van der Waals surface area contributed by atoms with Crippen molar-refractivity contribution in [1.29, 1.82) is 0 Å². The highest BCUT2D eigenvalue weighted by atomic mass is 16.8. The number of hydrogen-bond acceptors (Lipinski definition) is 19. The first-order valence-electron chi connectivity index (χ1n) is 31.2. The number of hydrogen-bond donors (Lipinski definition) is 2. The van der Waals surface area contributed by atoms with E-state index in [1.807, 2.05) is 0 Å². The fourth-order valence-corrected chi connectivity index (χ4v) is 18.3. The molecule has 0 aromatic heterocycles. The van der Waals surface area contributed by atoms with Crippen molar-refractivity contribution in [2.24, 2.45) is 23.7 Å². The number of aliphatic hydroxyl groups is 2. The molecule has 19 nitrogen and oxygen atoms in total. The van der Waals surface area contributed by atoms with Crippen molar-refractivity contribution in [3.8, 4) is 0 Å². The van der Waals surface area contributed by atoms with Crippen molar-refractivity contribution in [2.45, 2.75) is 314 Å². The summed E-state index contributed by atoms with van der Waals surface area (Å²) in [5.41, 5.74) is 2.15. The summed E-state index contributed by atoms with van der Waals surface area (Å²) in [6.45, 7) is 17.6. The van der Waals surface area contributed by atoms with Crippen LogP contribution in [0.15, 0.2) is 24.3 Å². The number of ether oxygens (including phenoxy) is 15. The Morgan fingerprint density at radius 1 is 0.525 bits per heavy atom. The van der Waals surface area contributed by atoms with Crippen LogP contribution in [0.5, 0.6) is 0 Å². The highest BCUT2D eigenvalue weighted by Crippen LogP contribution is 2.58. The molecule has 0 saturated carbocycles. The van der Waals surface area contributed by atoms with Crippen molar-refractivity contribution in [3.05, 3.63) is 24.3 Å². The van der Waals surface area contributed by atoms with Crippen LogP contribution in [0.2, 0.25) is 0 Å². The van der Waals surface area contributed by atoms with Crippen LogP contribution in [-0.2, 0) is 80.6 Å². The molecule has 2 N–H and O–H groups in total. The van der Waals surface area contributed by atoms with Crippen LogP contribution in [0.1, 0.15) is 150 Å². The van der Waals surface area contributed by atoms with E-state index in [9.17, 15) is 19.8 Å². The van der Waals surface area contributed by atoms with E-state index in [2.05, 4.69) is 40.9 Å². The molecule has 80 heavy (non-hydrogen) atoms. The third-order valence-corrected chi connectivity index (χ3v) is 22.0. The summed E-state index contributed by atoms with van der Waals surface area (Å²) < 4.78 is 104. The van der Waals surface area contributed by atoms with E-state index in [4.69, 9.17) is 71.1 Å². The lowest BCUT2D eigenvalue weighted by molar-refractivity contribution is -0.371. The van der Waals surface area contributed by atoms with Crippen LogP contribution < -0.4 is 0 Å². The molecule has 16 saturated heterocycles. The van der Waals surface area contributed by atoms with Crippen molar-refractivity contribution in [3.63, 3.8) is 0 Å². The van der Waals surface area contributed by atoms with Gasteiger partial charge in [0.15, 0.2) is 17.4 Å². The second-order valence-corrected chi connectivity index (χ2v) is 27.7. The maximum atomic E-state index is 14.6. The first kappa shape index (κ1) is 54.6.